The first-order valence-corrected chi connectivity index (χ1v) is 6.05. The van der Waals surface area contributed by atoms with Crippen LogP contribution in [0.25, 0.3) is 0 Å². The summed E-state index contributed by atoms with van der Waals surface area (Å²) in [6.45, 7) is 3.24. The Labute approximate surface area is 88.9 Å². The molecule has 0 aromatic carbocycles. The number of rotatable bonds is 4. The molecule has 14 heavy (non-hydrogen) atoms. The highest BCUT2D eigenvalue weighted by molar-refractivity contribution is 7.09. The van der Waals surface area contributed by atoms with Crippen LogP contribution in [0.2, 0.25) is 0 Å². The number of nitrogens with zero attached hydrogens (tertiary/aromatic N) is 1. The summed E-state index contributed by atoms with van der Waals surface area (Å²) in [4.78, 5) is 4.59. The maximum Gasteiger partial charge on any atom is 0.0932 e. The number of hydrogen-bond donors (Lipinski definition) is 2. The van der Waals surface area contributed by atoms with Gasteiger partial charge in [0.15, 0.2) is 0 Å². The fourth-order valence-electron chi connectivity index (χ4n) is 1.84. The largest absolute Gasteiger partial charge is 0.316 e. The Hall–Kier alpha value is -0.450. The highest BCUT2D eigenvalue weighted by atomic mass is 32.1. The quantitative estimate of drug-likeness (QED) is 0.780. The Kier molecular flexibility index (Phi) is 3.50. The molecule has 2 rings (SSSR count). The summed E-state index contributed by atoms with van der Waals surface area (Å²) < 4.78 is 0. The van der Waals surface area contributed by atoms with E-state index in [4.69, 9.17) is 0 Å². The van der Waals surface area contributed by atoms with Crippen LogP contribution in [0.1, 0.15) is 17.1 Å². The molecule has 1 atom stereocenters. The molecule has 1 aromatic heterocycles. The SMILES string of the molecule is CNCc1csc(CC2CCNC2)n1. The fraction of sp³-hybridized carbons (Fsp3) is 0.700. The normalized spacial score (nSPS) is 21.6. The molecular formula is C10H17N3S. The van der Waals surface area contributed by atoms with Crippen molar-refractivity contribution >= 4 is 11.3 Å². The minimum Gasteiger partial charge on any atom is -0.316 e. The van der Waals surface area contributed by atoms with Crippen molar-refractivity contribution in [1.29, 1.82) is 0 Å². The van der Waals surface area contributed by atoms with E-state index >= 15 is 0 Å². The van der Waals surface area contributed by atoms with Crippen molar-refractivity contribution in [3.8, 4) is 0 Å². The van der Waals surface area contributed by atoms with E-state index in [1.54, 1.807) is 11.3 Å². The van der Waals surface area contributed by atoms with Crippen LogP contribution in [0.4, 0.5) is 0 Å². The molecule has 1 unspecified atom stereocenters. The first kappa shape index (κ1) is 10.1. The Morgan fingerprint density at radius 3 is 3.36 bits per heavy atom. The molecule has 2 heterocycles. The topological polar surface area (TPSA) is 37.0 Å². The first-order chi connectivity index (χ1) is 6.88. The van der Waals surface area contributed by atoms with Gasteiger partial charge in [-0.25, -0.2) is 4.98 Å². The van der Waals surface area contributed by atoms with E-state index in [0.717, 1.165) is 18.9 Å². The molecule has 2 N–H and O–H groups in total. The molecule has 0 bridgehead atoms. The Balaban J connectivity index is 1.88. The lowest BCUT2D eigenvalue weighted by Crippen LogP contribution is -2.11. The summed E-state index contributed by atoms with van der Waals surface area (Å²) in [5.74, 6) is 0.809. The monoisotopic (exact) mass is 211 g/mol. The molecule has 1 aromatic rings. The number of thiazole rings is 1. The fourth-order valence-corrected chi connectivity index (χ4v) is 2.75. The number of nitrogens with one attached hydrogen (secondary N) is 2. The summed E-state index contributed by atoms with van der Waals surface area (Å²) >= 11 is 1.80. The second-order valence-corrected chi connectivity index (χ2v) is 4.77. The average molecular weight is 211 g/mol. The molecule has 78 valence electrons. The van der Waals surface area contributed by atoms with Gasteiger partial charge in [0.1, 0.15) is 0 Å². The predicted octanol–water partition coefficient (Wildman–Crippen LogP) is 1.01. The smallest absolute Gasteiger partial charge is 0.0932 e. The highest BCUT2D eigenvalue weighted by Gasteiger charge is 2.16. The Morgan fingerprint density at radius 1 is 1.71 bits per heavy atom. The third-order valence-electron chi connectivity index (χ3n) is 2.58. The van der Waals surface area contributed by atoms with E-state index < -0.39 is 0 Å². The van der Waals surface area contributed by atoms with Crippen LogP contribution in [0.3, 0.4) is 0 Å². The molecule has 0 aliphatic carbocycles. The van der Waals surface area contributed by atoms with Crippen LogP contribution in [-0.2, 0) is 13.0 Å². The van der Waals surface area contributed by atoms with E-state index in [-0.39, 0.29) is 0 Å². The first-order valence-electron chi connectivity index (χ1n) is 5.17. The van der Waals surface area contributed by atoms with Gasteiger partial charge in [0.25, 0.3) is 0 Å². The van der Waals surface area contributed by atoms with E-state index in [1.165, 1.54) is 30.2 Å². The summed E-state index contributed by atoms with van der Waals surface area (Å²) in [5, 5.41) is 9.97. The maximum atomic E-state index is 4.59. The van der Waals surface area contributed by atoms with Crippen molar-refractivity contribution in [2.75, 3.05) is 20.1 Å². The minimum absolute atomic E-state index is 0.809. The third-order valence-corrected chi connectivity index (χ3v) is 3.50. The van der Waals surface area contributed by atoms with Crippen LogP contribution in [0, 0.1) is 5.92 Å². The summed E-state index contributed by atoms with van der Waals surface area (Å²) in [7, 11) is 1.96. The average Bonchev–Trinajstić information content (AvgIpc) is 2.79. The van der Waals surface area contributed by atoms with E-state index in [1.807, 2.05) is 7.05 Å². The van der Waals surface area contributed by atoms with Crippen molar-refractivity contribution in [3.05, 3.63) is 16.1 Å². The van der Waals surface area contributed by atoms with Crippen LogP contribution < -0.4 is 10.6 Å². The van der Waals surface area contributed by atoms with Crippen molar-refractivity contribution < 1.29 is 0 Å². The molecule has 1 aliphatic rings. The van der Waals surface area contributed by atoms with Gasteiger partial charge < -0.3 is 10.6 Å². The zero-order valence-electron chi connectivity index (χ0n) is 8.55. The van der Waals surface area contributed by atoms with Crippen LogP contribution in [0.15, 0.2) is 5.38 Å². The van der Waals surface area contributed by atoms with Gasteiger partial charge in [0.2, 0.25) is 0 Å². The molecule has 0 saturated carbocycles. The van der Waals surface area contributed by atoms with Gasteiger partial charge in [-0.2, -0.15) is 0 Å². The second-order valence-electron chi connectivity index (χ2n) is 3.83. The Bertz CT molecular complexity index is 279. The molecule has 0 amide bonds. The van der Waals surface area contributed by atoms with Crippen LogP contribution in [0.5, 0.6) is 0 Å². The maximum absolute atomic E-state index is 4.59. The van der Waals surface area contributed by atoms with Gasteiger partial charge in [-0.1, -0.05) is 0 Å². The lowest BCUT2D eigenvalue weighted by atomic mass is 10.1. The van der Waals surface area contributed by atoms with Crippen molar-refractivity contribution in [2.45, 2.75) is 19.4 Å². The third kappa shape index (κ3) is 2.53. The van der Waals surface area contributed by atoms with Gasteiger partial charge in [0.05, 0.1) is 10.7 Å². The summed E-state index contributed by atoms with van der Waals surface area (Å²) in [5.41, 5.74) is 1.18. The van der Waals surface area contributed by atoms with Gasteiger partial charge in [-0.05, 0) is 32.5 Å². The molecule has 0 spiro atoms. The van der Waals surface area contributed by atoms with Gasteiger partial charge in [-0.3, -0.25) is 0 Å². The van der Waals surface area contributed by atoms with E-state index in [2.05, 4.69) is 21.0 Å². The molecule has 0 radical (unpaired) electrons. The van der Waals surface area contributed by atoms with Crippen molar-refractivity contribution in [1.82, 2.24) is 15.6 Å². The van der Waals surface area contributed by atoms with Gasteiger partial charge >= 0.3 is 0 Å². The molecule has 1 aliphatic heterocycles. The van der Waals surface area contributed by atoms with E-state index in [0.29, 0.717) is 0 Å². The van der Waals surface area contributed by atoms with Gasteiger partial charge in [-0.15, -0.1) is 11.3 Å². The van der Waals surface area contributed by atoms with Crippen LogP contribution >= 0.6 is 11.3 Å². The second kappa shape index (κ2) is 4.87. The predicted molar refractivity (Wildman–Crippen MR) is 59.6 cm³/mol. The molecule has 1 fully saturated rings. The van der Waals surface area contributed by atoms with Crippen molar-refractivity contribution in [2.24, 2.45) is 5.92 Å². The Morgan fingerprint density at radius 2 is 2.64 bits per heavy atom. The summed E-state index contributed by atoms with van der Waals surface area (Å²) in [6.07, 6.45) is 2.46. The molecule has 3 nitrogen and oxygen atoms in total. The zero-order valence-corrected chi connectivity index (χ0v) is 9.36. The molecule has 1 saturated heterocycles. The standard InChI is InChI=1S/C10H17N3S/c1-11-6-9-7-14-10(13-9)4-8-2-3-12-5-8/h7-8,11-12H,2-6H2,1H3. The lowest BCUT2D eigenvalue weighted by Gasteiger charge is -2.03. The van der Waals surface area contributed by atoms with Gasteiger partial charge in [0, 0.05) is 18.3 Å². The van der Waals surface area contributed by atoms with Crippen LogP contribution in [-0.4, -0.2) is 25.1 Å². The lowest BCUT2D eigenvalue weighted by molar-refractivity contribution is 0.577. The number of hydrogen-bond acceptors (Lipinski definition) is 4. The minimum atomic E-state index is 0.809. The molecule has 4 heteroatoms. The molecular weight excluding hydrogens is 194 g/mol. The number of aromatic nitrogens is 1. The van der Waals surface area contributed by atoms with Crippen molar-refractivity contribution in [3.63, 3.8) is 0 Å². The summed E-state index contributed by atoms with van der Waals surface area (Å²) in [6, 6.07) is 0. The van der Waals surface area contributed by atoms with E-state index in [9.17, 15) is 0 Å². The highest BCUT2D eigenvalue weighted by Crippen LogP contribution is 2.18. The zero-order chi connectivity index (χ0) is 9.80.